The number of hydrogen-bond donors (Lipinski definition) is 1. The molecule has 8 rings (SSSR count). The molecule has 306 valence electrons. The molecule has 0 aliphatic heterocycles. The van der Waals surface area contributed by atoms with Gasteiger partial charge in [0.25, 0.3) is 0 Å². The van der Waals surface area contributed by atoms with E-state index in [2.05, 4.69) is 143 Å². The number of pyridine rings is 1. The van der Waals surface area contributed by atoms with Crippen LogP contribution in [-0.2, 0) is 31.9 Å². The van der Waals surface area contributed by atoms with Gasteiger partial charge in [0, 0.05) is 39.9 Å². The van der Waals surface area contributed by atoms with Crippen LogP contribution in [0.25, 0.3) is 72.7 Å². The molecule has 0 bridgehead atoms. The molecule has 0 radical (unpaired) electrons. The van der Waals surface area contributed by atoms with E-state index in [0.29, 0.717) is 11.4 Å². The number of rotatable bonds is 7. The number of nitrogens with zero attached hydrogens (tertiary/aromatic N) is 3. The van der Waals surface area contributed by atoms with E-state index in [9.17, 15) is 5.11 Å². The van der Waals surface area contributed by atoms with Gasteiger partial charge < -0.3 is 5.11 Å². The average Bonchev–Trinajstić information content (AvgIpc) is 3.60. The third kappa shape index (κ3) is 8.28. The topological polar surface area (TPSA) is 50.9 Å². The fourth-order valence-corrected chi connectivity index (χ4v) is 7.97. The van der Waals surface area contributed by atoms with Gasteiger partial charge in [-0.2, -0.15) is 0 Å². The zero-order chi connectivity index (χ0) is 42.7. The molecule has 0 saturated carbocycles. The first kappa shape index (κ1) is 41.2. The smallest absolute Gasteiger partial charge is 0.148 e. The van der Waals surface area contributed by atoms with Crippen LogP contribution in [0, 0.1) is 19.9 Å². The molecular formula is C55H54N3OPt-. The Hall–Kier alpha value is -5.57. The van der Waals surface area contributed by atoms with Gasteiger partial charge in [-0.15, -0.1) is 29.3 Å². The second-order valence-corrected chi connectivity index (χ2v) is 18.2. The Balaban J connectivity index is 0.00000561. The van der Waals surface area contributed by atoms with E-state index in [1.54, 1.807) is 0 Å². The minimum atomic E-state index is -0.808. The average molecular weight is 969 g/mol. The molecule has 0 aliphatic carbocycles. The van der Waals surface area contributed by atoms with Crippen molar-refractivity contribution in [3.63, 3.8) is 0 Å². The minimum absolute atomic E-state index is 0. The summed E-state index contributed by atoms with van der Waals surface area (Å²) in [4.78, 5) is 10.4. The number of benzene rings is 6. The number of fused-ring (bicyclic) bond motifs is 1. The Labute approximate surface area is 372 Å². The van der Waals surface area contributed by atoms with Gasteiger partial charge in [-0.25, -0.2) is 4.98 Å². The quantitative estimate of drug-likeness (QED) is 0.162. The normalized spacial score (nSPS) is 12.3. The maximum atomic E-state index is 11.7. The molecule has 0 aliphatic rings. The molecule has 2 heterocycles. The second-order valence-electron chi connectivity index (χ2n) is 18.2. The van der Waals surface area contributed by atoms with Gasteiger partial charge >= 0.3 is 0 Å². The molecular weight excluding hydrogens is 914 g/mol. The number of aryl methyl sites for hydroxylation is 2. The number of aromatic hydroxyl groups is 1. The summed E-state index contributed by atoms with van der Waals surface area (Å²) >= 11 is 0. The van der Waals surface area contributed by atoms with Crippen LogP contribution in [0.1, 0.15) is 90.5 Å². The van der Waals surface area contributed by atoms with Gasteiger partial charge in [0.1, 0.15) is 11.6 Å². The maximum absolute atomic E-state index is 11.7. The van der Waals surface area contributed by atoms with Crippen LogP contribution in [0.4, 0.5) is 0 Å². The number of phenolic OH excluding ortho intramolecular Hbond substituents is 1. The van der Waals surface area contributed by atoms with Crippen molar-refractivity contribution in [2.45, 2.75) is 86.0 Å². The summed E-state index contributed by atoms with van der Waals surface area (Å²) in [5, 5.41) is 11.7. The number of imidazole rings is 1. The van der Waals surface area contributed by atoms with E-state index >= 15 is 0 Å². The van der Waals surface area contributed by atoms with Crippen molar-refractivity contribution in [3.05, 3.63) is 167 Å². The molecule has 5 heteroatoms. The third-order valence-corrected chi connectivity index (χ3v) is 11.4. The SMILES string of the molecule is [2H]C(C)(C)c1ccc(-n2c(-c3cc(C)cc(C)c3O)nc3c(-c4[c-]c(-c5cc(-c6ccc(C(C)(C)C)cc6)ccn5)cc(C(C)(C)C)c4)cccc32)c(-c2ccccc2)c1.[Pt]. The Morgan fingerprint density at radius 3 is 2.03 bits per heavy atom. The van der Waals surface area contributed by atoms with Crippen LogP contribution in [0.3, 0.4) is 0 Å². The Kier molecular flexibility index (Phi) is 11.3. The summed E-state index contributed by atoms with van der Waals surface area (Å²) in [6.45, 7) is 21.2. The maximum Gasteiger partial charge on any atom is 0.148 e. The molecule has 0 spiro atoms. The summed E-state index contributed by atoms with van der Waals surface area (Å²) in [5.74, 6) is 0.0278. The van der Waals surface area contributed by atoms with Gasteiger partial charge in [0.2, 0.25) is 0 Å². The van der Waals surface area contributed by atoms with E-state index in [1.807, 2.05) is 70.3 Å². The van der Waals surface area contributed by atoms with Crippen LogP contribution >= 0.6 is 0 Å². The van der Waals surface area contributed by atoms with Gasteiger partial charge in [-0.3, -0.25) is 9.55 Å². The standard InChI is InChI=1S/C55H54N3O.Pt/c1-34(2)39-21-24-49(46(32-39)38-15-12-11-13-16-38)58-50-18-14-17-45(51(50)57-53(58)47-28-35(3)27-36(4)52(47)59)41-29-42(31-44(30-41)55(8,9)10)48-33-40(25-26-56-48)37-19-22-43(23-20-37)54(5,6)7;/h11-28,30-34,59H,1-10H3;/q-1;/i34D;. The van der Waals surface area contributed by atoms with E-state index in [0.717, 1.165) is 83.6 Å². The molecule has 8 aromatic rings. The van der Waals surface area contributed by atoms with E-state index < -0.39 is 5.89 Å². The van der Waals surface area contributed by atoms with Crippen molar-refractivity contribution in [2.24, 2.45) is 0 Å². The molecule has 2 aromatic heterocycles. The van der Waals surface area contributed by atoms with Crippen molar-refractivity contribution in [1.82, 2.24) is 14.5 Å². The van der Waals surface area contributed by atoms with E-state index in [-0.39, 0.29) is 37.6 Å². The van der Waals surface area contributed by atoms with Gasteiger partial charge in [0.05, 0.1) is 22.3 Å². The summed E-state index contributed by atoms with van der Waals surface area (Å²) < 4.78 is 11.1. The van der Waals surface area contributed by atoms with Crippen LogP contribution < -0.4 is 0 Å². The minimum Gasteiger partial charge on any atom is -0.507 e. The first-order valence-electron chi connectivity index (χ1n) is 21.0. The van der Waals surface area contributed by atoms with Crippen molar-refractivity contribution in [1.29, 1.82) is 0 Å². The molecule has 0 fully saturated rings. The molecule has 0 saturated heterocycles. The van der Waals surface area contributed by atoms with Gasteiger partial charge in [-0.05, 0) is 99.8 Å². The molecule has 0 atom stereocenters. The van der Waals surface area contributed by atoms with Crippen molar-refractivity contribution in [2.75, 3.05) is 0 Å². The van der Waals surface area contributed by atoms with Crippen LogP contribution in [0.2, 0.25) is 0 Å². The predicted octanol–water partition coefficient (Wildman–Crippen LogP) is 14.6. The predicted molar refractivity (Wildman–Crippen MR) is 248 cm³/mol. The summed E-state index contributed by atoms with van der Waals surface area (Å²) in [6, 6.07) is 48.3. The van der Waals surface area contributed by atoms with Crippen molar-refractivity contribution < 1.29 is 27.5 Å². The van der Waals surface area contributed by atoms with E-state index in [1.165, 1.54) is 5.56 Å². The fraction of sp³-hybridized carbons (Fsp3) is 0.236. The monoisotopic (exact) mass is 968 g/mol. The Bertz CT molecular complexity index is 2890. The summed E-state index contributed by atoms with van der Waals surface area (Å²) in [5.41, 5.74) is 16.2. The first-order valence-corrected chi connectivity index (χ1v) is 20.5. The number of aromatic nitrogens is 3. The molecule has 1 N–H and O–H groups in total. The van der Waals surface area contributed by atoms with E-state index in [4.69, 9.17) is 11.3 Å². The molecule has 0 amide bonds. The van der Waals surface area contributed by atoms with Crippen LogP contribution in [0.5, 0.6) is 5.75 Å². The van der Waals surface area contributed by atoms with Crippen molar-refractivity contribution >= 4 is 11.0 Å². The number of para-hydroxylation sites is 1. The summed E-state index contributed by atoms with van der Waals surface area (Å²) in [7, 11) is 0. The van der Waals surface area contributed by atoms with Gasteiger partial charge in [0.15, 0.2) is 0 Å². The van der Waals surface area contributed by atoms with Crippen molar-refractivity contribution in [3.8, 4) is 67.5 Å². The van der Waals surface area contributed by atoms with Crippen LogP contribution in [0.15, 0.2) is 134 Å². The zero-order valence-corrected chi connectivity index (χ0v) is 38.6. The molecule has 4 nitrogen and oxygen atoms in total. The zero-order valence-electron chi connectivity index (χ0n) is 37.3. The Morgan fingerprint density at radius 1 is 0.650 bits per heavy atom. The molecule has 0 unspecified atom stereocenters. The largest absolute Gasteiger partial charge is 0.507 e. The first-order chi connectivity index (χ1) is 28.4. The molecule has 60 heavy (non-hydrogen) atoms. The summed E-state index contributed by atoms with van der Waals surface area (Å²) in [6.07, 6.45) is 1.89. The number of hydrogen-bond acceptors (Lipinski definition) is 3. The third-order valence-electron chi connectivity index (χ3n) is 11.4. The number of phenols is 1. The van der Waals surface area contributed by atoms with Crippen LogP contribution in [-0.4, -0.2) is 19.6 Å². The second kappa shape index (κ2) is 16.5. The Morgan fingerprint density at radius 2 is 1.35 bits per heavy atom. The van der Waals surface area contributed by atoms with Gasteiger partial charge in [-0.1, -0.05) is 151 Å². The molecule has 6 aromatic carbocycles. The fourth-order valence-electron chi connectivity index (χ4n) is 7.97.